The van der Waals surface area contributed by atoms with Gasteiger partial charge in [0.05, 0.1) is 18.2 Å². The lowest BCUT2D eigenvalue weighted by molar-refractivity contribution is -0.137. The molecule has 0 saturated heterocycles. The van der Waals surface area contributed by atoms with Crippen molar-refractivity contribution in [1.82, 2.24) is 42.2 Å². The van der Waals surface area contributed by atoms with Crippen LogP contribution < -0.4 is 54.4 Å². The third kappa shape index (κ3) is 19.3. The zero-order valence-electron chi connectivity index (χ0n) is 46.3. The number of amides is 8. The van der Waals surface area contributed by atoms with Crippen molar-refractivity contribution in [3.63, 3.8) is 0 Å². The van der Waals surface area contributed by atoms with E-state index < -0.39 is 108 Å². The lowest BCUT2D eigenvalue weighted by Gasteiger charge is -2.29. The Kier molecular flexibility index (Phi) is 23.8. The van der Waals surface area contributed by atoms with Crippen LogP contribution in [0.3, 0.4) is 0 Å². The molecule has 0 unspecified atom stereocenters. The Morgan fingerprint density at radius 1 is 0.458 bits per heavy atom. The molecule has 17 N–H and O–H groups in total. The Labute approximate surface area is 481 Å². The minimum absolute atomic E-state index is 0.00570. The number of hydrogen-bond acceptors (Lipinski definition) is 13. The fraction of sp³-hybridized carbons (Fsp3) is 0.344. The highest BCUT2D eigenvalue weighted by Crippen LogP contribution is 2.20. The fourth-order valence-corrected chi connectivity index (χ4v) is 9.35. The molecule has 8 amide bonds. The van der Waals surface area contributed by atoms with Gasteiger partial charge in [-0.25, -0.2) is 0 Å². The van der Waals surface area contributed by atoms with Gasteiger partial charge in [-0.1, -0.05) is 121 Å². The molecule has 6 aromatic rings. The maximum Gasteiger partial charge on any atom is 0.245 e. The summed E-state index contributed by atoms with van der Waals surface area (Å²) in [4.78, 5) is 116. The fourth-order valence-electron chi connectivity index (χ4n) is 9.35. The number of carbonyl (C=O) groups excluding carboxylic acids is 8. The van der Waals surface area contributed by atoms with Crippen LogP contribution in [-0.4, -0.2) is 135 Å². The summed E-state index contributed by atoms with van der Waals surface area (Å²) < 4.78 is 0. The van der Waals surface area contributed by atoms with Crippen molar-refractivity contribution in [3.8, 4) is 5.75 Å². The molecule has 1 aromatic heterocycles. The Bertz CT molecular complexity index is 3110. The Morgan fingerprint density at radius 3 is 1.34 bits per heavy atom. The molecule has 6 rings (SSSR count). The number of H-pyrrole nitrogens is 1. The molecule has 0 spiro atoms. The van der Waals surface area contributed by atoms with Crippen LogP contribution in [0.4, 0.5) is 0 Å². The standard InChI is InChI=1S/C61H75N11O11/c1-36(73)52(54(64)76)71-60(82)50(33-40-20-10-5-11-21-40)70-61(83)53(37(2)74)72-56(78)47(24-14-15-29-62)66-59(81)51(34-42-35-65-46-23-13-12-22-44(42)46)69-58(80)49(32-39-18-8-4-9-19-39)68-57(79)48(31-38-16-6-3-7-17-38)67-55(77)45(63)30-41-25-27-43(75)28-26-41/h3-13,16-23,25-28,35-37,45,47-53,65,73-75H,14-15,24,29-34,62-63H2,1-2H3,(H2,64,76)(H,66,81)(H,67,77)(H,68,79)(H,69,80)(H,70,83)(H,71,82)(H,72,78)/t36-,37-,45-,47+,48+,49+,50+,51-,52+,53+/m1/s1. The number of phenols is 1. The zero-order valence-corrected chi connectivity index (χ0v) is 46.3. The van der Waals surface area contributed by atoms with Gasteiger partial charge < -0.3 is 74.7 Å². The summed E-state index contributed by atoms with van der Waals surface area (Å²) in [5, 5.41) is 50.4. The molecule has 5 aromatic carbocycles. The van der Waals surface area contributed by atoms with Gasteiger partial charge in [0.1, 0.15) is 48.0 Å². The molecule has 10 atom stereocenters. The van der Waals surface area contributed by atoms with E-state index in [9.17, 15) is 53.7 Å². The number of aliphatic hydroxyl groups excluding tert-OH is 2. The number of nitrogens with two attached hydrogens (primary N) is 3. The van der Waals surface area contributed by atoms with E-state index in [-0.39, 0.29) is 50.8 Å². The van der Waals surface area contributed by atoms with Gasteiger partial charge in [-0.3, -0.25) is 38.4 Å². The van der Waals surface area contributed by atoms with E-state index in [1.165, 1.54) is 26.0 Å². The highest BCUT2D eigenvalue weighted by Gasteiger charge is 2.36. The number of aromatic amines is 1. The predicted molar refractivity (Wildman–Crippen MR) is 311 cm³/mol. The summed E-state index contributed by atoms with van der Waals surface area (Å²) in [7, 11) is 0. The van der Waals surface area contributed by atoms with Crippen LogP contribution in [0.25, 0.3) is 10.9 Å². The van der Waals surface area contributed by atoms with E-state index in [4.69, 9.17) is 17.2 Å². The predicted octanol–water partition coefficient (Wildman–Crippen LogP) is 0.484. The average Bonchev–Trinajstić information content (AvgIpc) is 4.18. The molecular weight excluding hydrogens is 1060 g/mol. The van der Waals surface area contributed by atoms with Crippen LogP contribution in [0.15, 0.2) is 146 Å². The van der Waals surface area contributed by atoms with E-state index in [1.54, 1.807) is 115 Å². The van der Waals surface area contributed by atoms with Gasteiger partial charge in [0.2, 0.25) is 47.3 Å². The second kappa shape index (κ2) is 31.3. The van der Waals surface area contributed by atoms with Gasteiger partial charge in [-0.2, -0.15) is 0 Å². The number of para-hydroxylation sites is 1. The van der Waals surface area contributed by atoms with Crippen molar-refractivity contribution in [1.29, 1.82) is 0 Å². The SMILES string of the molecule is C[C@@H](O)[C@H](NC(=O)[C@H](Cc1ccccc1)NC(=O)[C@@H](NC(=O)[C@H](CCCCN)NC(=O)[C@@H](Cc1c[nH]c2ccccc12)NC(=O)[C@H](Cc1ccccc1)NC(=O)[C@H](Cc1ccccc1)NC(=O)[C@H](N)Cc1ccc(O)cc1)[C@@H](C)O)C(N)=O. The molecule has 0 radical (unpaired) electrons. The number of hydrogen-bond donors (Lipinski definition) is 14. The van der Waals surface area contributed by atoms with Crippen LogP contribution in [0.5, 0.6) is 5.75 Å². The number of aliphatic hydroxyl groups is 2. The van der Waals surface area contributed by atoms with E-state index in [0.29, 0.717) is 40.7 Å². The number of rotatable bonds is 31. The average molecular weight is 1140 g/mol. The lowest BCUT2D eigenvalue weighted by Crippen LogP contribution is -2.62. The van der Waals surface area contributed by atoms with Gasteiger partial charge in [0.15, 0.2) is 0 Å². The summed E-state index contributed by atoms with van der Waals surface area (Å²) in [5.74, 6) is -6.83. The second-order valence-corrected chi connectivity index (χ2v) is 20.6. The van der Waals surface area contributed by atoms with Gasteiger partial charge in [0.25, 0.3) is 0 Å². The van der Waals surface area contributed by atoms with Crippen molar-refractivity contribution in [3.05, 3.63) is 174 Å². The third-order valence-electron chi connectivity index (χ3n) is 13.9. The lowest BCUT2D eigenvalue weighted by atomic mass is 10.00. The van der Waals surface area contributed by atoms with Gasteiger partial charge >= 0.3 is 0 Å². The number of aromatic hydroxyl groups is 1. The molecule has 1 heterocycles. The maximum absolute atomic E-state index is 15.0. The van der Waals surface area contributed by atoms with Gasteiger partial charge in [-0.15, -0.1) is 0 Å². The molecular formula is C61H75N11O11. The number of primary amides is 1. The topological polar surface area (TPSA) is 375 Å². The Balaban J connectivity index is 1.28. The number of fused-ring (bicyclic) bond motifs is 1. The van der Waals surface area contributed by atoms with Crippen LogP contribution in [0.2, 0.25) is 0 Å². The molecule has 0 fully saturated rings. The molecule has 83 heavy (non-hydrogen) atoms. The quantitative estimate of drug-likeness (QED) is 0.0264. The monoisotopic (exact) mass is 1140 g/mol. The van der Waals surface area contributed by atoms with E-state index in [0.717, 1.165) is 10.9 Å². The number of carbonyl (C=O) groups is 8. The van der Waals surface area contributed by atoms with Gasteiger partial charge in [0, 0.05) is 42.8 Å². The van der Waals surface area contributed by atoms with Crippen molar-refractivity contribution < 1.29 is 53.7 Å². The minimum Gasteiger partial charge on any atom is -0.508 e. The normalized spacial score (nSPS) is 14.8. The first-order valence-corrected chi connectivity index (χ1v) is 27.5. The molecule has 440 valence electrons. The molecule has 0 aliphatic rings. The molecule has 0 aliphatic heterocycles. The van der Waals surface area contributed by atoms with E-state index >= 15 is 0 Å². The van der Waals surface area contributed by atoms with Crippen molar-refractivity contribution >= 4 is 58.2 Å². The van der Waals surface area contributed by atoms with Crippen LogP contribution >= 0.6 is 0 Å². The maximum atomic E-state index is 15.0. The highest BCUT2D eigenvalue weighted by molar-refractivity contribution is 5.98. The molecule has 0 saturated carbocycles. The van der Waals surface area contributed by atoms with E-state index in [2.05, 4.69) is 42.2 Å². The first-order chi connectivity index (χ1) is 39.8. The number of phenolic OH excluding ortho intramolecular Hbond substituents is 1. The first kappa shape index (κ1) is 63.2. The number of aromatic nitrogens is 1. The summed E-state index contributed by atoms with van der Waals surface area (Å²) >= 11 is 0. The van der Waals surface area contributed by atoms with E-state index in [1.807, 2.05) is 18.2 Å². The van der Waals surface area contributed by atoms with Crippen molar-refractivity contribution in [2.45, 2.75) is 126 Å². The smallest absolute Gasteiger partial charge is 0.245 e. The zero-order chi connectivity index (χ0) is 60.0. The van der Waals surface area contributed by atoms with Gasteiger partial charge in [-0.05, 0) is 92.1 Å². The molecule has 0 aliphatic carbocycles. The van der Waals surface area contributed by atoms with Crippen LogP contribution in [-0.2, 0) is 70.5 Å². The number of unbranched alkanes of at least 4 members (excludes halogenated alkanes) is 1. The van der Waals surface area contributed by atoms with Crippen LogP contribution in [0, 0.1) is 0 Å². The van der Waals surface area contributed by atoms with Crippen LogP contribution in [0.1, 0.15) is 60.9 Å². The second-order valence-electron chi connectivity index (χ2n) is 20.6. The first-order valence-electron chi connectivity index (χ1n) is 27.5. The third-order valence-corrected chi connectivity index (χ3v) is 13.9. The number of nitrogens with one attached hydrogen (secondary N) is 8. The van der Waals surface area contributed by atoms with Crippen molar-refractivity contribution in [2.24, 2.45) is 17.2 Å². The summed E-state index contributed by atoms with van der Waals surface area (Å²) in [5.41, 5.74) is 21.6. The molecule has 0 bridgehead atoms. The summed E-state index contributed by atoms with van der Waals surface area (Å²) in [6, 6.07) is 28.5. The summed E-state index contributed by atoms with van der Waals surface area (Å²) in [6.45, 7) is 2.71. The Hall–Kier alpha value is -8.96. The van der Waals surface area contributed by atoms with Crippen molar-refractivity contribution in [2.75, 3.05) is 6.54 Å². The Morgan fingerprint density at radius 2 is 0.855 bits per heavy atom. The minimum atomic E-state index is -1.72. The molecule has 22 heteroatoms. The molecule has 22 nitrogen and oxygen atoms in total. The largest absolute Gasteiger partial charge is 0.508 e. The highest BCUT2D eigenvalue weighted by atomic mass is 16.3. The number of benzene rings is 5. The summed E-state index contributed by atoms with van der Waals surface area (Å²) in [6.07, 6.45) is -0.831.